The van der Waals surface area contributed by atoms with E-state index in [1.54, 1.807) is 0 Å². The molecule has 96 valence electrons. The standard InChI is InChI=1S/C15H24BrN/c1-4-5-8-11-17(13(2)3)12-14-9-6-7-10-15(14)16/h6-7,9-10,13H,4-5,8,11-12H2,1-3H3. The molecule has 0 bridgehead atoms. The predicted molar refractivity (Wildman–Crippen MR) is 79.2 cm³/mol. The van der Waals surface area contributed by atoms with Gasteiger partial charge in [0.05, 0.1) is 0 Å². The quantitative estimate of drug-likeness (QED) is 0.650. The van der Waals surface area contributed by atoms with E-state index >= 15 is 0 Å². The highest BCUT2D eigenvalue weighted by atomic mass is 79.9. The number of rotatable bonds is 7. The van der Waals surface area contributed by atoms with Gasteiger partial charge in [-0.15, -0.1) is 0 Å². The summed E-state index contributed by atoms with van der Waals surface area (Å²) in [5.41, 5.74) is 1.39. The van der Waals surface area contributed by atoms with E-state index in [1.807, 2.05) is 0 Å². The van der Waals surface area contributed by atoms with Gasteiger partial charge in [-0.25, -0.2) is 0 Å². The van der Waals surface area contributed by atoms with Gasteiger partial charge < -0.3 is 0 Å². The van der Waals surface area contributed by atoms with Gasteiger partial charge in [0.1, 0.15) is 0 Å². The minimum Gasteiger partial charge on any atom is -0.297 e. The number of hydrogen-bond donors (Lipinski definition) is 0. The molecular formula is C15H24BrN. The van der Waals surface area contributed by atoms with Crippen molar-refractivity contribution in [2.24, 2.45) is 0 Å². The molecule has 0 heterocycles. The van der Waals surface area contributed by atoms with Crippen LogP contribution in [0.2, 0.25) is 0 Å². The molecule has 0 fully saturated rings. The van der Waals surface area contributed by atoms with E-state index in [-0.39, 0.29) is 0 Å². The van der Waals surface area contributed by atoms with Gasteiger partial charge in [-0.3, -0.25) is 4.90 Å². The highest BCUT2D eigenvalue weighted by Crippen LogP contribution is 2.19. The SMILES string of the molecule is CCCCCN(Cc1ccccc1Br)C(C)C. The molecule has 0 amide bonds. The fourth-order valence-corrected chi connectivity index (χ4v) is 2.34. The Morgan fingerprint density at radius 3 is 2.47 bits per heavy atom. The molecule has 0 saturated carbocycles. The molecule has 0 unspecified atom stereocenters. The minimum atomic E-state index is 0.610. The third-order valence-corrected chi connectivity index (χ3v) is 3.88. The van der Waals surface area contributed by atoms with E-state index < -0.39 is 0 Å². The van der Waals surface area contributed by atoms with Crippen LogP contribution in [0.25, 0.3) is 0 Å². The number of benzene rings is 1. The van der Waals surface area contributed by atoms with Crippen molar-refractivity contribution in [3.63, 3.8) is 0 Å². The van der Waals surface area contributed by atoms with Crippen LogP contribution < -0.4 is 0 Å². The Morgan fingerprint density at radius 2 is 1.88 bits per heavy atom. The van der Waals surface area contributed by atoms with Gasteiger partial charge in [0.2, 0.25) is 0 Å². The number of halogens is 1. The van der Waals surface area contributed by atoms with Gasteiger partial charge in [0, 0.05) is 17.1 Å². The number of hydrogen-bond acceptors (Lipinski definition) is 1. The zero-order valence-corrected chi connectivity index (χ0v) is 12.8. The highest BCUT2D eigenvalue weighted by molar-refractivity contribution is 9.10. The lowest BCUT2D eigenvalue weighted by molar-refractivity contribution is 0.208. The predicted octanol–water partition coefficient (Wildman–Crippen LogP) is 4.85. The average Bonchev–Trinajstić information content (AvgIpc) is 2.30. The Morgan fingerprint density at radius 1 is 1.18 bits per heavy atom. The lowest BCUT2D eigenvalue weighted by Gasteiger charge is -2.27. The molecule has 2 heteroatoms. The Kier molecular flexibility index (Phi) is 6.83. The van der Waals surface area contributed by atoms with Crippen molar-refractivity contribution in [3.05, 3.63) is 34.3 Å². The molecule has 0 spiro atoms. The summed E-state index contributed by atoms with van der Waals surface area (Å²) in [5, 5.41) is 0. The van der Waals surface area contributed by atoms with Crippen LogP contribution in [0.4, 0.5) is 0 Å². The molecule has 0 atom stereocenters. The molecule has 0 N–H and O–H groups in total. The lowest BCUT2D eigenvalue weighted by Crippen LogP contribution is -2.31. The van der Waals surface area contributed by atoms with Gasteiger partial charge in [-0.1, -0.05) is 53.9 Å². The van der Waals surface area contributed by atoms with Gasteiger partial charge in [0.15, 0.2) is 0 Å². The van der Waals surface area contributed by atoms with Crippen molar-refractivity contribution >= 4 is 15.9 Å². The molecule has 1 rings (SSSR count). The van der Waals surface area contributed by atoms with E-state index in [4.69, 9.17) is 0 Å². The van der Waals surface area contributed by atoms with Crippen molar-refractivity contribution in [1.29, 1.82) is 0 Å². The van der Waals surface area contributed by atoms with Gasteiger partial charge >= 0.3 is 0 Å². The van der Waals surface area contributed by atoms with Crippen LogP contribution in [-0.2, 0) is 6.54 Å². The Bertz CT molecular complexity index is 322. The molecule has 1 aromatic rings. The summed E-state index contributed by atoms with van der Waals surface area (Å²) in [5.74, 6) is 0. The van der Waals surface area contributed by atoms with E-state index in [0.717, 1.165) is 6.54 Å². The summed E-state index contributed by atoms with van der Waals surface area (Å²) < 4.78 is 1.22. The maximum absolute atomic E-state index is 3.63. The summed E-state index contributed by atoms with van der Waals surface area (Å²) in [6.45, 7) is 9.06. The first kappa shape index (κ1) is 14.7. The molecular weight excluding hydrogens is 274 g/mol. The third kappa shape index (κ3) is 5.22. The molecule has 0 radical (unpaired) electrons. The number of nitrogens with zero attached hydrogens (tertiary/aromatic N) is 1. The van der Waals surface area contributed by atoms with Crippen molar-refractivity contribution in [3.8, 4) is 0 Å². The third-order valence-electron chi connectivity index (χ3n) is 3.11. The highest BCUT2D eigenvalue weighted by Gasteiger charge is 2.10. The van der Waals surface area contributed by atoms with Crippen molar-refractivity contribution in [1.82, 2.24) is 4.90 Å². The fourth-order valence-electron chi connectivity index (χ4n) is 1.93. The van der Waals surface area contributed by atoms with E-state index in [9.17, 15) is 0 Å². The molecule has 1 nitrogen and oxygen atoms in total. The maximum atomic E-state index is 3.63. The second-order valence-corrected chi connectivity index (χ2v) is 5.72. The summed E-state index contributed by atoms with van der Waals surface area (Å²) >= 11 is 3.63. The Hall–Kier alpha value is -0.340. The van der Waals surface area contributed by atoms with Crippen LogP contribution in [0.3, 0.4) is 0 Å². The van der Waals surface area contributed by atoms with Crippen molar-refractivity contribution in [2.45, 2.75) is 52.6 Å². The van der Waals surface area contributed by atoms with Crippen molar-refractivity contribution in [2.75, 3.05) is 6.54 Å². The lowest BCUT2D eigenvalue weighted by atomic mass is 10.1. The van der Waals surface area contributed by atoms with E-state index in [1.165, 1.54) is 35.8 Å². The fraction of sp³-hybridized carbons (Fsp3) is 0.600. The monoisotopic (exact) mass is 297 g/mol. The van der Waals surface area contributed by atoms with Crippen LogP contribution in [0.1, 0.15) is 45.6 Å². The van der Waals surface area contributed by atoms with E-state index in [2.05, 4.69) is 65.9 Å². The zero-order chi connectivity index (χ0) is 12.7. The van der Waals surface area contributed by atoms with Gasteiger partial charge in [0.25, 0.3) is 0 Å². The molecule has 0 aliphatic carbocycles. The average molecular weight is 298 g/mol. The molecule has 1 aromatic carbocycles. The van der Waals surface area contributed by atoms with E-state index in [0.29, 0.717) is 6.04 Å². The summed E-state index contributed by atoms with van der Waals surface area (Å²) in [4.78, 5) is 2.55. The Balaban J connectivity index is 2.57. The Labute approximate surface area is 114 Å². The first-order valence-electron chi connectivity index (χ1n) is 6.62. The van der Waals surface area contributed by atoms with Crippen LogP contribution in [0.15, 0.2) is 28.7 Å². The smallest absolute Gasteiger partial charge is 0.0247 e. The van der Waals surface area contributed by atoms with Crippen LogP contribution in [-0.4, -0.2) is 17.5 Å². The minimum absolute atomic E-state index is 0.610. The summed E-state index contributed by atoms with van der Waals surface area (Å²) in [6, 6.07) is 9.13. The molecule has 0 aliphatic heterocycles. The second kappa shape index (κ2) is 7.88. The topological polar surface area (TPSA) is 3.24 Å². The first-order chi connectivity index (χ1) is 8.15. The molecule has 17 heavy (non-hydrogen) atoms. The largest absolute Gasteiger partial charge is 0.297 e. The normalized spacial score (nSPS) is 11.4. The summed E-state index contributed by atoms with van der Waals surface area (Å²) in [6.07, 6.45) is 3.93. The zero-order valence-electron chi connectivity index (χ0n) is 11.2. The van der Waals surface area contributed by atoms with Crippen LogP contribution in [0, 0.1) is 0 Å². The molecule has 0 aromatic heterocycles. The summed E-state index contributed by atoms with van der Waals surface area (Å²) in [7, 11) is 0. The number of unbranched alkanes of at least 4 members (excludes halogenated alkanes) is 2. The second-order valence-electron chi connectivity index (χ2n) is 4.86. The van der Waals surface area contributed by atoms with Crippen LogP contribution >= 0.6 is 15.9 Å². The van der Waals surface area contributed by atoms with Gasteiger partial charge in [-0.2, -0.15) is 0 Å². The molecule has 0 saturated heterocycles. The maximum Gasteiger partial charge on any atom is 0.0247 e. The van der Waals surface area contributed by atoms with Gasteiger partial charge in [-0.05, 0) is 38.4 Å². The molecule has 0 aliphatic rings. The van der Waals surface area contributed by atoms with Crippen molar-refractivity contribution < 1.29 is 0 Å². The first-order valence-corrected chi connectivity index (χ1v) is 7.42. The van der Waals surface area contributed by atoms with Crippen LogP contribution in [0.5, 0.6) is 0 Å².